The van der Waals surface area contributed by atoms with Gasteiger partial charge in [-0.2, -0.15) is 0 Å². The first-order valence-corrected chi connectivity index (χ1v) is 5.35. The van der Waals surface area contributed by atoms with Crippen molar-refractivity contribution < 1.29 is 14.5 Å². The molecule has 7 heteroatoms. The van der Waals surface area contributed by atoms with Crippen molar-refractivity contribution in [1.82, 2.24) is 5.32 Å². The van der Waals surface area contributed by atoms with Crippen LogP contribution in [0.1, 0.15) is 6.42 Å². The maximum atomic E-state index is 11.5. The minimum Gasteiger partial charge on any atom is -0.495 e. The van der Waals surface area contributed by atoms with Crippen molar-refractivity contribution in [2.45, 2.75) is 6.42 Å². The highest BCUT2D eigenvalue weighted by atomic mass is 16.6. The second-order valence-corrected chi connectivity index (χ2v) is 3.54. The molecule has 0 aromatic heterocycles. The molecule has 98 valence electrons. The molecule has 0 aliphatic heterocycles. The third-order valence-corrected chi connectivity index (χ3v) is 2.27. The van der Waals surface area contributed by atoms with Crippen molar-refractivity contribution in [2.24, 2.45) is 0 Å². The molecule has 0 bridgehead atoms. The zero-order valence-electron chi connectivity index (χ0n) is 10.2. The van der Waals surface area contributed by atoms with Crippen LogP contribution in [-0.2, 0) is 4.79 Å². The fourth-order valence-corrected chi connectivity index (χ4v) is 1.36. The van der Waals surface area contributed by atoms with Crippen molar-refractivity contribution in [1.29, 1.82) is 0 Å². The Morgan fingerprint density at radius 3 is 2.78 bits per heavy atom. The number of anilines is 1. The molecular weight excluding hydrogens is 238 g/mol. The normalized spacial score (nSPS) is 9.89. The molecule has 0 aliphatic rings. The molecule has 0 saturated heterocycles. The summed E-state index contributed by atoms with van der Waals surface area (Å²) in [6, 6.07) is 4.05. The Morgan fingerprint density at radius 2 is 2.22 bits per heavy atom. The number of ether oxygens (including phenoxy) is 1. The van der Waals surface area contributed by atoms with Crippen LogP contribution in [0.15, 0.2) is 18.2 Å². The lowest BCUT2D eigenvalue weighted by atomic mass is 10.2. The first-order chi connectivity index (χ1) is 8.58. The molecule has 1 aromatic carbocycles. The van der Waals surface area contributed by atoms with Crippen LogP contribution in [0.3, 0.4) is 0 Å². The number of hydrogen-bond acceptors (Lipinski definition) is 5. The number of carbonyl (C=O) groups is 1. The monoisotopic (exact) mass is 253 g/mol. The molecule has 1 rings (SSSR count). The highest BCUT2D eigenvalue weighted by Crippen LogP contribution is 2.28. The molecule has 7 nitrogen and oxygen atoms in total. The van der Waals surface area contributed by atoms with Crippen LogP contribution in [0.2, 0.25) is 0 Å². The van der Waals surface area contributed by atoms with Gasteiger partial charge in [0.15, 0.2) is 0 Å². The summed E-state index contributed by atoms with van der Waals surface area (Å²) in [6.07, 6.45) is 0.280. The lowest BCUT2D eigenvalue weighted by Crippen LogP contribution is -2.19. The summed E-state index contributed by atoms with van der Waals surface area (Å²) in [4.78, 5) is 21.7. The van der Waals surface area contributed by atoms with Gasteiger partial charge in [-0.05, 0) is 13.1 Å². The lowest BCUT2D eigenvalue weighted by molar-refractivity contribution is -0.384. The van der Waals surface area contributed by atoms with E-state index < -0.39 is 4.92 Å². The SMILES string of the molecule is CNCCC(=O)Nc1cc([N+](=O)[O-])ccc1OC. The number of nitro groups is 1. The number of hydrogen-bond donors (Lipinski definition) is 2. The van der Waals surface area contributed by atoms with Gasteiger partial charge in [0, 0.05) is 25.1 Å². The van der Waals surface area contributed by atoms with Gasteiger partial charge in [0.2, 0.25) is 5.91 Å². The minimum absolute atomic E-state index is 0.0975. The lowest BCUT2D eigenvalue weighted by Gasteiger charge is -2.09. The third kappa shape index (κ3) is 3.70. The predicted molar refractivity (Wildman–Crippen MR) is 66.8 cm³/mol. The number of non-ortho nitro benzene ring substituents is 1. The van der Waals surface area contributed by atoms with Crippen LogP contribution in [0.25, 0.3) is 0 Å². The van der Waals surface area contributed by atoms with Crippen LogP contribution in [-0.4, -0.2) is 31.5 Å². The number of carbonyl (C=O) groups excluding carboxylic acids is 1. The second kappa shape index (κ2) is 6.55. The molecule has 18 heavy (non-hydrogen) atoms. The number of methoxy groups -OCH3 is 1. The van der Waals surface area contributed by atoms with Gasteiger partial charge >= 0.3 is 0 Å². The highest BCUT2D eigenvalue weighted by Gasteiger charge is 2.13. The molecule has 0 unspecified atom stereocenters. The summed E-state index contributed by atoms with van der Waals surface area (Å²) in [7, 11) is 3.17. The Hall–Kier alpha value is -2.15. The number of nitrogens with zero attached hydrogens (tertiary/aromatic N) is 1. The summed E-state index contributed by atoms with van der Waals surface area (Å²) >= 11 is 0. The fraction of sp³-hybridized carbons (Fsp3) is 0.364. The van der Waals surface area contributed by atoms with Crippen LogP contribution < -0.4 is 15.4 Å². The molecule has 0 heterocycles. The summed E-state index contributed by atoms with van der Waals surface area (Å²) in [6.45, 7) is 0.531. The Balaban J connectivity index is 2.87. The number of benzene rings is 1. The Bertz CT molecular complexity index is 448. The Labute approximate surface area is 104 Å². The van der Waals surface area contributed by atoms with E-state index in [-0.39, 0.29) is 18.0 Å². The summed E-state index contributed by atoms with van der Waals surface area (Å²) in [5.41, 5.74) is 0.201. The molecule has 0 fully saturated rings. The molecule has 0 aliphatic carbocycles. The maximum absolute atomic E-state index is 11.5. The average molecular weight is 253 g/mol. The maximum Gasteiger partial charge on any atom is 0.271 e. The van der Waals surface area contributed by atoms with Gasteiger partial charge in [-0.25, -0.2) is 0 Å². The highest BCUT2D eigenvalue weighted by molar-refractivity contribution is 5.92. The molecule has 0 atom stereocenters. The molecule has 0 spiro atoms. The van der Waals surface area contributed by atoms with Crippen molar-refractivity contribution in [3.8, 4) is 5.75 Å². The van der Waals surface area contributed by atoms with Crippen molar-refractivity contribution in [3.05, 3.63) is 28.3 Å². The topological polar surface area (TPSA) is 93.5 Å². The largest absolute Gasteiger partial charge is 0.495 e. The molecule has 1 aromatic rings. The minimum atomic E-state index is -0.525. The first kappa shape index (κ1) is 13.9. The number of nitrogens with one attached hydrogen (secondary N) is 2. The van der Waals surface area contributed by atoms with Crippen molar-refractivity contribution >= 4 is 17.3 Å². The van der Waals surface area contributed by atoms with Crippen molar-refractivity contribution in [3.63, 3.8) is 0 Å². The van der Waals surface area contributed by atoms with Gasteiger partial charge in [0.05, 0.1) is 17.7 Å². The van der Waals surface area contributed by atoms with Crippen LogP contribution in [0.4, 0.5) is 11.4 Å². The summed E-state index contributed by atoms with van der Waals surface area (Å²) < 4.78 is 5.03. The van der Waals surface area contributed by atoms with E-state index in [2.05, 4.69) is 10.6 Å². The van der Waals surface area contributed by atoms with E-state index in [1.165, 1.54) is 25.3 Å². The zero-order chi connectivity index (χ0) is 13.5. The first-order valence-electron chi connectivity index (χ1n) is 5.35. The van der Waals surface area contributed by atoms with Crippen LogP contribution >= 0.6 is 0 Å². The zero-order valence-corrected chi connectivity index (χ0v) is 10.2. The van der Waals surface area contributed by atoms with E-state index in [0.29, 0.717) is 18.0 Å². The van der Waals surface area contributed by atoms with E-state index >= 15 is 0 Å². The predicted octanol–water partition coefficient (Wildman–Crippen LogP) is 1.15. The van der Waals surface area contributed by atoms with E-state index in [1.807, 2.05) is 0 Å². The fourth-order valence-electron chi connectivity index (χ4n) is 1.36. The third-order valence-electron chi connectivity index (χ3n) is 2.27. The van der Waals surface area contributed by atoms with Gasteiger partial charge in [-0.1, -0.05) is 0 Å². The number of rotatable bonds is 6. The molecule has 2 N–H and O–H groups in total. The summed E-state index contributed by atoms with van der Waals surface area (Å²) in [5, 5.41) is 16.1. The Kier molecular flexibility index (Phi) is 5.06. The molecule has 0 saturated carbocycles. The molecule has 0 radical (unpaired) electrons. The van der Waals surface area contributed by atoms with Gasteiger partial charge in [-0.3, -0.25) is 14.9 Å². The number of nitro benzene ring substituents is 1. The second-order valence-electron chi connectivity index (χ2n) is 3.54. The van der Waals surface area contributed by atoms with E-state index in [9.17, 15) is 14.9 Å². The molecule has 1 amide bonds. The van der Waals surface area contributed by atoms with E-state index in [1.54, 1.807) is 7.05 Å². The van der Waals surface area contributed by atoms with E-state index in [0.717, 1.165) is 0 Å². The van der Waals surface area contributed by atoms with Crippen LogP contribution in [0, 0.1) is 10.1 Å². The van der Waals surface area contributed by atoms with Gasteiger partial charge in [0.25, 0.3) is 5.69 Å². The smallest absolute Gasteiger partial charge is 0.271 e. The standard InChI is InChI=1S/C11H15N3O4/c1-12-6-5-11(15)13-9-7-8(14(16)17)3-4-10(9)18-2/h3-4,7,12H,5-6H2,1-2H3,(H,13,15). The summed E-state index contributed by atoms with van der Waals surface area (Å²) in [5.74, 6) is 0.154. The van der Waals surface area contributed by atoms with E-state index in [4.69, 9.17) is 4.74 Å². The number of amides is 1. The van der Waals surface area contributed by atoms with Crippen LogP contribution in [0.5, 0.6) is 5.75 Å². The van der Waals surface area contributed by atoms with Gasteiger partial charge in [0.1, 0.15) is 5.75 Å². The average Bonchev–Trinajstić information content (AvgIpc) is 2.36. The quantitative estimate of drug-likeness (QED) is 0.586. The van der Waals surface area contributed by atoms with Gasteiger partial charge in [-0.15, -0.1) is 0 Å². The van der Waals surface area contributed by atoms with Crippen molar-refractivity contribution in [2.75, 3.05) is 26.0 Å². The molecular formula is C11H15N3O4. The van der Waals surface area contributed by atoms with Gasteiger partial charge < -0.3 is 15.4 Å². The Morgan fingerprint density at radius 1 is 1.50 bits per heavy atom.